The minimum atomic E-state index is -0.955. The van der Waals surface area contributed by atoms with Crippen LogP contribution in [0.25, 0.3) is 0 Å². The highest BCUT2D eigenvalue weighted by atomic mass is 32.1. The number of thiol groups is 1. The third-order valence-electron chi connectivity index (χ3n) is 2.50. The molecular formula is C12H21O4S-. The molecule has 0 aliphatic heterocycles. The predicted octanol–water partition coefficient (Wildman–Crippen LogP) is 2.31. The maximum Gasteiger partial charge on any atom is 0.364 e. The number of rotatable bonds is 11. The van der Waals surface area contributed by atoms with E-state index in [-0.39, 0.29) is 6.42 Å². The standard InChI is InChI=1S/C12H22O4S/c13-11(14)9-7-5-3-1-2-4-6-8-10-16-12(15)17/h1-10H2,(H,13,14)(H,15,17)/p-1. The second-order valence-corrected chi connectivity index (χ2v) is 4.43. The Morgan fingerprint density at radius 1 is 0.882 bits per heavy atom. The van der Waals surface area contributed by atoms with Gasteiger partial charge in [0.1, 0.15) is 0 Å². The maximum absolute atomic E-state index is 10.3. The highest BCUT2D eigenvalue weighted by Crippen LogP contribution is 2.09. The summed E-state index contributed by atoms with van der Waals surface area (Å²) in [5, 5.41) is 9.61. The minimum Gasteiger partial charge on any atom is -0.550 e. The first-order valence-corrected chi connectivity index (χ1v) is 6.63. The average molecular weight is 261 g/mol. The summed E-state index contributed by atoms with van der Waals surface area (Å²) in [7, 11) is 0. The summed E-state index contributed by atoms with van der Waals surface area (Å²) in [4.78, 5) is 20.5. The summed E-state index contributed by atoms with van der Waals surface area (Å²) in [5.74, 6) is -0.955. The first-order valence-electron chi connectivity index (χ1n) is 6.18. The van der Waals surface area contributed by atoms with Gasteiger partial charge in [0, 0.05) is 5.97 Å². The molecule has 0 bridgehead atoms. The molecule has 0 aromatic rings. The summed E-state index contributed by atoms with van der Waals surface area (Å²) >= 11 is 3.50. The van der Waals surface area contributed by atoms with Gasteiger partial charge >= 0.3 is 5.30 Å². The van der Waals surface area contributed by atoms with Gasteiger partial charge in [0.25, 0.3) is 0 Å². The number of aliphatic carboxylic acids is 1. The second kappa shape index (κ2) is 11.8. The minimum absolute atomic E-state index is 0.176. The van der Waals surface area contributed by atoms with E-state index in [0.717, 1.165) is 51.4 Å². The molecule has 0 saturated carbocycles. The molecule has 0 aromatic heterocycles. The van der Waals surface area contributed by atoms with Crippen LogP contribution in [0.1, 0.15) is 57.8 Å². The number of carboxylic acids is 1. The van der Waals surface area contributed by atoms with Gasteiger partial charge < -0.3 is 14.6 Å². The van der Waals surface area contributed by atoms with Crippen LogP contribution in [0.4, 0.5) is 4.79 Å². The van der Waals surface area contributed by atoms with E-state index in [0.29, 0.717) is 6.61 Å². The van der Waals surface area contributed by atoms with E-state index >= 15 is 0 Å². The molecule has 0 atom stereocenters. The number of unbranched alkanes of at least 4 members (excludes halogenated alkanes) is 7. The summed E-state index contributed by atoms with van der Waals surface area (Å²) in [6.07, 6.45) is 8.31. The lowest BCUT2D eigenvalue weighted by molar-refractivity contribution is -0.305. The summed E-state index contributed by atoms with van der Waals surface area (Å²) in [6.45, 7) is 0.452. The van der Waals surface area contributed by atoms with E-state index in [1.165, 1.54) is 0 Å². The molecule has 0 fully saturated rings. The maximum atomic E-state index is 10.3. The van der Waals surface area contributed by atoms with Crippen molar-refractivity contribution in [3.8, 4) is 0 Å². The molecule has 5 heteroatoms. The first kappa shape index (κ1) is 16.3. The van der Waals surface area contributed by atoms with Crippen LogP contribution < -0.4 is 5.11 Å². The summed E-state index contributed by atoms with van der Waals surface area (Å²) < 4.78 is 4.69. The van der Waals surface area contributed by atoms with Crippen molar-refractivity contribution >= 4 is 23.9 Å². The lowest BCUT2D eigenvalue weighted by Gasteiger charge is -2.03. The van der Waals surface area contributed by atoms with Crippen LogP contribution in [0.3, 0.4) is 0 Å². The molecule has 0 rings (SSSR count). The van der Waals surface area contributed by atoms with Gasteiger partial charge in [0.2, 0.25) is 0 Å². The number of ether oxygens (including phenoxy) is 1. The molecule has 0 aromatic carbocycles. The van der Waals surface area contributed by atoms with Crippen LogP contribution in [-0.4, -0.2) is 17.9 Å². The molecule has 0 unspecified atom stereocenters. The third-order valence-corrected chi connectivity index (χ3v) is 2.63. The van der Waals surface area contributed by atoms with Gasteiger partial charge in [-0.3, -0.25) is 0 Å². The molecule has 0 aliphatic carbocycles. The number of carbonyl (C=O) groups is 2. The van der Waals surface area contributed by atoms with Crippen molar-refractivity contribution in [2.45, 2.75) is 57.8 Å². The Bertz CT molecular complexity index is 197. The molecule has 0 saturated heterocycles. The van der Waals surface area contributed by atoms with Gasteiger partial charge in [-0.2, -0.15) is 0 Å². The molecule has 17 heavy (non-hydrogen) atoms. The number of carbonyl (C=O) groups excluding carboxylic acids is 2. The largest absolute Gasteiger partial charge is 0.550 e. The molecule has 100 valence electrons. The second-order valence-electron chi connectivity index (χ2n) is 4.06. The Labute approximate surface area is 108 Å². The quantitative estimate of drug-likeness (QED) is 0.352. The number of hydrogen-bond acceptors (Lipinski definition) is 4. The third kappa shape index (κ3) is 15.3. The Morgan fingerprint density at radius 2 is 1.35 bits per heavy atom. The monoisotopic (exact) mass is 261 g/mol. The van der Waals surface area contributed by atoms with E-state index in [4.69, 9.17) is 0 Å². The van der Waals surface area contributed by atoms with Crippen molar-refractivity contribution < 1.29 is 19.4 Å². The Balaban J connectivity index is 2.98. The van der Waals surface area contributed by atoms with Gasteiger partial charge in [0.15, 0.2) is 0 Å². The van der Waals surface area contributed by atoms with E-state index in [2.05, 4.69) is 17.4 Å². The Hall–Kier alpha value is -0.710. The summed E-state index contributed by atoms with van der Waals surface area (Å²) in [6, 6.07) is 0. The Kier molecular flexibility index (Phi) is 11.3. The van der Waals surface area contributed by atoms with Crippen LogP contribution in [0.5, 0.6) is 0 Å². The SMILES string of the molecule is O=C([O-])CCCCCCCCCCOC(=O)S. The van der Waals surface area contributed by atoms with Gasteiger partial charge in [-0.05, 0) is 19.3 Å². The zero-order chi connectivity index (χ0) is 12.9. The van der Waals surface area contributed by atoms with Gasteiger partial charge in [-0.15, -0.1) is 0 Å². The molecule has 4 nitrogen and oxygen atoms in total. The topological polar surface area (TPSA) is 66.4 Å². The zero-order valence-electron chi connectivity index (χ0n) is 10.2. The van der Waals surface area contributed by atoms with E-state index in [9.17, 15) is 14.7 Å². The Morgan fingerprint density at radius 3 is 1.82 bits per heavy atom. The van der Waals surface area contributed by atoms with Gasteiger partial charge in [0.05, 0.1) is 6.61 Å². The van der Waals surface area contributed by atoms with Crippen LogP contribution in [-0.2, 0) is 9.53 Å². The number of hydrogen-bond donors (Lipinski definition) is 1. The van der Waals surface area contributed by atoms with Crippen molar-refractivity contribution in [3.63, 3.8) is 0 Å². The highest BCUT2D eigenvalue weighted by Gasteiger charge is 1.95. The predicted molar refractivity (Wildman–Crippen MR) is 66.9 cm³/mol. The van der Waals surface area contributed by atoms with Crippen LogP contribution in [0.2, 0.25) is 0 Å². The highest BCUT2D eigenvalue weighted by molar-refractivity contribution is 7.96. The normalized spacial score (nSPS) is 10.2. The fourth-order valence-corrected chi connectivity index (χ4v) is 1.68. The van der Waals surface area contributed by atoms with E-state index in [1.54, 1.807) is 0 Å². The lowest BCUT2D eigenvalue weighted by atomic mass is 10.1. The van der Waals surface area contributed by atoms with Crippen molar-refractivity contribution in [1.29, 1.82) is 0 Å². The lowest BCUT2D eigenvalue weighted by Crippen LogP contribution is -2.21. The molecular weight excluding hydrogens is 240 g/mol. The molecule has 0 heterocycles. The van der Waals surface area contributed by atoms with Gasteiger partial charge in [-0.1, -0.05) is 51.2 Å². The molecule has 0 radical (unpaired) electrons. The van der Waals surface area contributed by atoms with Crippen LogP contribution >= 0.6 is 12.6 Å². The molecule has 0 aliphatic rings. The molecule has 0 spiro atoms. The van der Waals surface area contributed by atoms with Crippen molar-refractivity contribution in [3.05, 3.63) is 0 Å². The smallest absolute Gasteiger partial charge is 0.364 e. The zero-order valence-corrected chi connectivity index (χ0v) is 11.0. The van der Waals surface area contributed by atoms with Crippen molar-refractivity contribution in [1.82, 2.24) is 0 Å². The van der Waals surface area contributed by atoms with Crippen LogP contribution in [0.15, 0.2) is 0 Å². The van der Waals surface area contributed by atoms with E-state index in [1.807, 2.05) is 0 Å². The molecule has 0 N–H and O–H groups in total. The number of carboxylic acid groups (broad SMARTS) is 1. The average Bonchev–Trinajstić information content (AvgIpc) is 2.25. The summed E-state index contributed by atoms with van der Waals surface area (Å²) in [5.41, 5.74) is 0. The fourth-order valence-electron chi connectivity index (χ4n) is 1.59. The van der Waals surface area contributed by atoms with Gasteiger partial charge in [-0.25, -0.2) is 4.79 Å². The van der Waals surface area contributed by atoms with Crippen molar-refractivity contribution in [2.24, 2.45) is 0 Å². The van der Waals surface area contributed by atoms with Crippen LogP contribution in [0, 0.1) is 0 Å². The van der Waals surface area contributed by atoms with Crippen molar-refractivity contribution in [2.75, 3.05) is 6.61 Å². The fraction of sp³-hybridized carbons (Fsp3) is 0.833. The first-order chi connectivity index (χ1) is 8.13. The molecule has 0 amide bonds. The van der Waals surface area contributed by atoms with E-state index < -0.39 is 11.3 Å².